The van der Waals surface area contributed by atoms with Crippen molar-refractivity contribution in [3.8, 4) is 0 Å². The SMILES string of the molecule is CCNc1ccc(S(C)(=O)=O)cc1F. The molecule has 0 saturated heterocycles. The molecule has 0 aliphatic carbocycles. The third kappa shape index (κ3) is 2.45. The molecule has 0 atom stereocenters. The van der Waals surface area contributed by atoms with Gasteiger partial charge in [-0.1, -0.05) is 0 Å². The first-order chi connectivity index (χ1) is 6.45. The van der Waals surface area contributed by atoms with Crippen LogP contribution in [-0.2, 0) is 9.84 Å². The smallest absolute Gasteiger partial charge is 0.175 e. The normalized spacial score (nSPS) is 11.4. The van der Waals surface area contributed by atoms with Crippen molar-refractivity contribution >= 4 is 15.5 Å². The third-order valence-electron chi connectivity index (χ3n) is 1.74. The van der Waals surface area contributed by atoms with Crippen molar-refractivity contribution in [1.29, 1.82) is 0 Å². The van der Waals surface area contributed by atoms with Crippen molar-refractivity contribution in [1.82, 2.24) is 0 Å². The van der Waals surface area contributed by atoms with Gasteiger partial charge in [0.1, 0.15) is 5.82 Å². The van der Waals surface area contributed by atoms with Crippen LogP contribution in [0.2, 0.25) is 0 Å². The highest BCUT2D eigenvalue weighted by Crippen LogP contribution is 2.18. The minimum Gasteiger partial charge on any atom is -0.383 e. The van der Waals surface area contributed by atoms with Gasteiger partial charge in [-0.2, -0.15) is 0 Å². The molecule has 5 heteroatoms. The standard InChI is InChI=1S/C9H12FNO2S/c1-3-11-9-5-4-7(6-8(9)10)14(2,12)13/h4-6,11H,3H2,1-2H3. The van der Waals surface area contributed by atoms with E-state index in [0.717, 1.165) is 12.3 Å². The molecule has 0 heterocycles. The van der Waals surface area contributed by atoms with Gasteiger partial charge < -0.3 is 5.32 Å². The second-order valence-corrected chi connectivity index (χ2v) is 4.96. The summed E-state index contributed by atoms with van der Waals surface area (Å²) >= 11 is 0. The maximum Gasteiger partial charge on any atom is 0.175 e. The quantitative estimate of drug-likeness (QED) is 0.837. The first kappa shape index (κ1) is 11.0. The Balaban J connectivity index is 3.13. The highest BCUT2D eigenvalue weighted by Gasteiger charge is 2.10. The summed E-state index contributed by atoms with van der Waals surface area (Å²) in [4.78, 5) is -0.00310. The molecule has 0 unspecified atom stereocenters. The molecule has 1 aromatic carbocycles. The number of benzene rings is 1. The lowest BCUT2D eigenvalue weighted by atomic mass is 10.3. The van der Waals surface area contributed by atoms with E-state index < -0.39 is 15.7 Å². The van der Waals surface area contributed by atoms with Gasteiger partial charge >= 0.3 is 0 Å². The molecule has 78 valence electrons. The highest BCUT2D eigenvalue weighted by atomic mass is 32.2. The Morgan fingerprint density at radius 3 is 2.50 bits per heavy atom. The highest BCUT2D eigenvalue weighted by molar-refractivity contribution is 7.90. The molecule has 0 saturated carbocycles. The van der Waals surface area contributed by atoms with Gasteiger partial charge in [0.25, 0.3) is 0 Å². The Morgan fingerprint density at radius 2 is 2.07 bits per heavy atom. The minimum atomic E-state index is -3.32. The molecule has 0 fully saturated rings. The Hall–Kier alpha value is -1.10. The van der Waals surface area contributed by atoms with E-state index in [4.69, 9.17) is 0 Å². The molecule has 0 aromatic heterocycles. The number of halogens is 1. The van der Waals surface area contributed by atoms with Gasteiger partial charge in [0.05, 0.1) is 10.6 Å². The molecule has 1 rings (SSSR count). The van der Waals surface area contributed by atoms with Crippen LogP contribution >= 0.6 is 0 Å². The molecule has 0 spiro atoms. The molecule has 3 nitrogen and oxygen atoms in total. The fraction of sp³-hybridized carbons (Fsp3) is 0.333. The number of sulfone groups is 1. The van der Waals surface area contributed by atoms with Crippen LogP contribution in [0.15, 0.2) is 23.1 Å². The predicted octanol–water partition coefficient (Wildman–Crippen LogP) is 1.66. The maximum absolute atomic E-state index is 13.2. The van der Waals surface area contributed by atoms with Crippen LogP contribution in [0.25, 0.3) is 0 Å². The van der Waals surface area contributed by atoms with E-state index >= 15 is 0 Å². The van der Waals surface area contributed by atoms with E-state index in [9.17, 15) is 12.8 Å². The van der Waals surface area contributed by atoms with Crippen LogP contribution in [0, 0.1) is 5.82 Å². The predicted molar refractivity (Wildman–Crippen MR) is 53.7 cm³/mol. The molecular weight excluding hydrogens is 205 g/mol. The molecule has 0 aliphatic heterocycles. The number of nitrogens with one attached hydrogen (secondary N) is 1. The van der Waals surface area contributed by atoms with Gasteiger partial charge in [-0.3, -0.25) is 0 Å². The fourth-order valence-electron chi connectivity index (χ4n) is 1.06. The van der Waals surface area contributed by atoms with Crippen LogP contribution in [0.4, 0.5) is 10.1 Å². The summed E-state index contributed by atoms with van der Waals surface area (Å²) in [5.74, 6) is -0.547. The van der Waals surface area contributed by atoms with Gasteiger partial charge in [-0.25, -0.2) is 12.8 Å². The second kappa shape index (κ2) is 3.96. The minimum absolute atomic E-state index is 0.00310. The summed E-state index contributed by atoms with van der Waals surface area (Å²) in [6.07, 6.45) is 1.05. The summed E-state index contributed by atoms with van der Waals surface area (Å²) in [6, 6.07) is 3.83. The zero-order valence-electron chi connectivity index (χ0n) is 8.04. The molecule has 0 aliphatic rings. The molecule has 1 N–H and O–H groups in total. The van der Waals surface area contributed by atoms with Gasteiger partial charge in [0.2, 0.25) is 0 Å². The zero-order chi connectivity index (χ0) is 10.8. The monoisotopic (exact) mass is 217 g/mol. The van der Waals surface area contributed by atoms with E-state index in [1.54, 1.807) is 0 Å². The lowest BCUT2D eigenvalue weighted by Gasteiger charge is -2.05. The van der Waals surface area contributed by atoms with Crippen molar-refractivity contribution in [2.24, 2.45) is 0 Å². The Bertz CT molecular complexity index is 428. The van der Waals surface area contributed by atoms with Crippen molar-refractivity contribution in [3.05, 3.63) is 24.0 Å². The second-order valence-electron chi connectivity index (χ2n) is 2.94. The topological polar surface area (TPSA) is 46.2 Å². The van der Waals surface area contributed by atoms with E-state index in [1.165, 1.54) is 12.1 Å². The maximum atomic E-state index is 13.2. The van der Waals surface area contributed by atoms with Gasteiger partial charge in [-0.05, 0) is 25.1 Å². The zero-order valence-corrected chi connectivity index (χ0v) is 8.86. The molecule has 0 radical (unpaired) electrons. The Labute approximate surface area is 82.9 Å². The first-order valence-electron chi connectivity index (χ1n) is 4.18. The van der Waals surface area contributed by atoms with Crippen molar-refractivity contribution in [2.75, 3.05) is 18.1 Å². The van der Waals surface area contributed by atoms with Crippen LogP contribution in [0.1, 0.15) is 6.92 Å². The van der Waals surface area contributed by atoms with E-state index in [0.29, 0.717) is 12.2 Å². The average molecular weight is 217 g/mol. The third-order valence-corrected chi connectivity index (χ3v) is 2.85. The van der Waals surface area contributed by atoms with E-state index in [1.807, 2.05) is 6.92 Å². The summed E-state index contributed by atoms with van der Waals surface area (Å²) in [5.41, 5.74) is 0.319. The van der Waals surface area contributed by atoms with Crippen LogP contribution in [0.3, 0.4) is 0 Å². The van der Waals surface area contributed by atoms with Crippen molar-refractivity contribution in [3.63, 3.8) is 0 Å². The van der Waals surface area contributed by atoms with E-state index in [2.05, 4.69) is 5.32 Å². The first-order valence-corrected chi connectivity index (χ1v) is 6.07. The fourth-order valence-corrected chi connectivity index (χ4v) is 1.69. The number of rotatable bonds is 3. The van der Waals surface area contributed by atoms with Gasteiger partial charge in [0, 0.05) is 12.8 Å². The van der Waals surface area contributed by atoms with Crippen molar-refractivity contribution < 1.29 is 12.8 Å². The Kier molecular flexibility index (Phi) is 3.10. The molecule has 1 aromatic rings. The molecule has 0 bridgehead atoms. The van der Waals surface area contributed by atoms with Crippen molar-refractivity contribution in [2.45, 2.75) is 11.8 Å². The summed E-state index contributed by atoms with van der Waals surface area (Å²) < 4.78 is 35.4. The molecular formula is C9H12FNO2S. The molecule has 14 heavy (non-hydrogen) atoms. The average Bonchev–Trinajstić information content (AvgIpc) is 2.07. The summed E-state index contributed by atoms with van der Waals surface area (Å²) in [7, 11) is -3.32. The van der Waals surface area contributed by atoms with Gasteiger partial charge in [0.15, 0.2) is 9.84 Å². The van der Waals surface area contributed by atoms with Crippen LogP contribution < -0.4 is 5.32 Å². The number of hydrogen-bond donors (Lipinski definition) is 1. The van der Waals surface area contributed by atoms with Gasteiger partial charge in [-0.15, -0.1) is 0 Å². The summed E-state index contributed by atoms with van der Waals surface area (Å²) in [5, 5.41) is 2.78. The Morgan fingerprint density at radius 1 is 1.43 bits per heavy atom. The summed E-state index contributed by atoms with van der Waals surface area (Å²) in [6.45, 7) is 2.43. The van der Waals surface area contributed by atoms with Crippen LogP contribution in [0.5, 0.6) is 0 Å². The largest absolute Gasteiger partial charge is 0.383 e. The molecule has 0 amide bonds. The lowest BCUT2D eigenvalue weighted by Crippen LogP contribution is -2.02. The van der Waals surface area contributed by atoms with E-state index in [-0.39, 0.29) is 4.90 Å². The number of hydrogen-bond acceptors (Lipinski definition) is 3. The number of anilines is 1. The lowest BCUT2D eigenvalue weighted by molar-refractivity contribution is 0.596. The van der Waals surface area contributed by atoms with Crippen LogP contribution in [-0.4, -0.2) is 21.2 Å².